The summed E-state index contributed by atoms with van der Waals surface area (Å²) < 4.78 is 1.06. The number of aliphatic carboxylic acids is 1. The van der Waals surface area contributed by atoms with Crippen LogP contribution in [0.2, 0.25) is 0 Å². The molecule has 2 rings (SSSR count). The summed E-state index contributed by atoms with van der Waals surface area (Å²) in [6.07, 6.45) is 2.62. The van der Waals surface area contributed by atoms with Crippen LogP contribution in [0.5, 0.6) is 0 Å². The van der Waals surface area contributed by atoms with Crippen LogP contribution < -0.4 is 5.32 Å². The normalized spacial score (nSPS) is 12.3. The van der Waals surface area contributed by atoms with Gasteiger partial charge >= 0.3 is 5.97 Å². The van der Waals surface area contributed by atoms with Crippen LogP contribution in [0.15, 0.2) is 40.9 Å². The Balaban J connectivity index is 1.98. The molecule has 0 bridgehead atoms. The predicted octanol–water partition coefficient (Wildman–Crippen LogP) is 4.91. The Morgan fingerprint density at radius 1 is 1.36 bits per heavy atom. The molecule has 0 aliphatic carbocycles. The molecule has 22 heavy (non-hydrogen) atoms. The zero-order valence-electron chi connectivity index (χ0n) is 12.5. The topological polar surface area (TPSA) is 49.3 Å². The Morgan fingerprint density at radius 2 is 2.18 bits per heavy atom. The summed E-state index contributed by atoms with van der Waals surface area (Å²) in [5.74, 6) is -0.766. The number of halogens is 1. The third-order valence-corrected chi connectivity index (χ3v) is 5.07. The van der Waals surface area contributed by atoms with Crippen molar-refractivity contribution in [2.24, 2.45) is 0 Å². The van der Waals surface area contributed by atoms with E-state index in [-0.39, 0.29) is 0 Å². The fourth-order valence-electron chi connectivity index (χ4n) is 2.21. The van der Waals surface area contributed by atoms with Crippen LogP contribution in [-0.2, 0) is 11.3 Å². The maximum Gasteiger partial charge on any atom is 0.320 e. The van der Waals surface area contributed by atoms with Gasteiger partial charge in [-0.15, -0.1) is 11.3 Å². The van der Waals surface area contributed by atoms with Crippen molar-refractivity contribution in [2.45, 2.75) is 38.8 Å². The minimum absolute atomic E-state index is 0.462. The molecule has 0 aliphatic heterocycles. The number of rotatable bonds is 8. The van der Waals surface area contributed by atoms with Gasteiger partial charge in [0.15, 0.2) is 0 Å². The van der Waals surface area contributed by atoms with Crippen molar-refractivity contribution in [3.8, 4) is 10.4 Å². The van der Waals surface area contributed by atoms with Crippen LogP contribution in [-0.4, -0.2) is 17.1 Å². The second-order valence-electron chi connectivity index (χ2n) is 5.19. The molecule has 0 amide bonds. The molecule has 1 heterocycles. The standard InChI is InChI=1S/C17H20BrNO2S/c1-2-3-7-15(17(20)21)19-11-14-8-9-16(22-14)12-5-4-6-13(18)10-12/h4-6,8-10,15,19H,2-3,7,11H2,1H3,(H,20,21). The van der Waals surface area contributed by atoms with E-state index in [4.69, 9.17) is 0 Å². The van der Waals surface area contributed by atoms with Crippen molar-refractivity contribution in [3.63, 3.8) is 0 Å². The molecule has 0 fully saturated rings. The molecule has 0 saturated carbocycles. The molecule has 2 aromatic rings. The monoisotopic (exact) mass is 381 g/mol. The van der Waals surface area contributed by atoms with E-state index in [1.165, 1.54) is 10.4 Å². The Bertz CT molecular complexity index is 627. The zero-order chi connectivity index (χ0) is 15.9. The molecule has 0 spiro atoms. The molecule has 1 aromatic carbocycles. The van der Waals surface area contributed by atoms with E-state index >= 15 is 0 Å². The highest BCUT2D eigenvalue weighted by atomic mass is 79.9. The summed E-state index contributed by atoms with van der Waals surface area (Å²) in [6, 6.07) is 11.9. The molecule has 0 aliphatic rings. The lowest BCUT2D eigenvalue weighted by Gasteiger charge is -2.13. The van der Waals surface area contributed by atoms with Crippen LogP contribution in [0, 0.1) is 0 Å². The van der Waals surface area contributed by atoms with Crippen LogP contribution in [0.3, 0.4) is 0 Å². The fourth-order valence-corrected chi connectivity index (χ4v) is 3.57. The molecular formula is C17H20BrNO2S. The van der Waals surface area contributed by atoms with E-state index in [9.17, 15) is 9.90 Å². The molecule has 0 saturated heterocycles. The van der Waals surface area contributed by atoms with Gasteiger partial charge in [-0.3, -0.25) is 10.1 Å². The number of carboxylic acid groups (broad SMARTS) is 1. The first-order valence-electron chi connectivity index (χ1n) is 7.41. The average Bonchev–Trinajstić information content (AvgIpc) is 2.96. The Kier molecular flexibility index (Phi) is 6.61. The van der Waals surface area contributed by atoms with Gasteiger partial charge in [0.2, 0.25) is 0 Å². The van der Waals surface area contributed by atoms with Crippen molar-refractivity contribution in [3.05, 3.63) is 45.7 Å². The highest BCUT2D eigenvalue weighted by Gasteiger charge is 2.16. The number of carbonyl (C=O) groups is 1. The number of unbranched alkanes of at least 4 members (excludes halogenated alkanes) is 1. The van der Waals surface area contributed by atoms with E-state index in [1.807, 2.05) is 12.1 Å². The summed E-state index contributed by atoms with van der Waals surface area (Å²) in [6.45, 7) is 2.67. The van der Waals surface area contributed by atoms with E-state index in [2.05, 4.69) is 52.4 Å². The Hall–Kier alpha value is -1.17. The zero-order valence-corrected chi connectivity index (χ0v) is 14.9. The van der Waals surface area contributed by atoms with Gasteiger partial charge in [0.05, 0.1) is 0 Å². The van der Waals surface area contributed by atoms with Crippen molar-refractivity contribution in [1.29, 1.82) is 0 Å². The lowest BCUT2D eigenvalue weighted by Crippen LogP contribution is -2.35. The van der Waals surface area contributed by atoms with Crippen LogP contribution in [0.25, 0.3) is 10.4 Å². The molecule has 5 heteroatoms. The summed E-state index contributed by atoms with van der Waals surface area (Å²) in [4.78, 5) is 13.6. The number of hydrogen-bond donors (Lipinski definition) is 2. The average molecular weight is 382 g/mol. The fraction of sp³-hybridized carbons (Fsp3) is 0.353. The maximum absolute atomic E-state index is 11.2. The van der Waals surface area contributed by atoms with E-state index in [0.29, 0.717) is 13.0 Å². The second kappa shape index (κ2) is 8.46. The van der Waals surface area contributed by atoms with Gasteiger partial charge in [0, 0.05) is 20.8 Å². The lowest BCUT2D eigenvalue weighted by molar-refractivity contribution is -0.139. The first-order chi connectivity index (χ1) is 10.6. The first-order valence-corrected chi connectivity index (χ1v) is 9.02. The number of nitrogens with one attached hydrogen (secondary N) is 1. The van der Waals surface area contributed by atoms with Gasteiger partial charge in [-0.1, -0.05) is 47.8 Å². The van der Waals surface area contributed by atoms with Crippen LogP contribution >= 0.6 is 27.3 Å². The molecule has 1 atom stereocenters. The van der Waals surface area contributed by atoms with Gasteiger partial charge in [-0.25, -0.2) is 0 Å². The SMILES string of the molecule is CCCCC(NCc1ccc(-c2cccc(Br)c2)s1)C(=O)O. The van der Waals surface area contributed by atoms with Gasteiger partial charge in [-0.2, -0.15) is 0 Å². The van der Waals surface area contributed by atoms with Crippen LogP contribution in [0.1, 0.15) is 31.1 Å². The van der Waals surface area contributed by atoms with Crippen molar-refractivity contribution < 1.29 is 9.90 Å². The highest BCUT2D eigenvalue weighted by molar-refractivity contribution is 9.10. The van der Waals surface area contributed by atoms with Crippen molar-refractivity contribution in [2.75, 3.05) is 0 Å². The number of hydrogen-bond acceptors (Lipinski definition) is 3. The van der Waals surface area contributed by atoms with Gasteiger partial charge < -0.3 is 5.11 Å². The number of thiophene rings is 1. The molecule has 118 valence electrons. The number of benzene rings is 1. The number of carboxylic acids is 1. The van der Waals surface area contributed by atoms with Gasteiger partial charge in [0.1, 0.15) is 6.04 Å². The van der Waals surface area contributed by atoms with E-state index in [1.54, 1.807) is 11.3 Å². The van der Waals surface area contributed by atoms with Crippen molar-refractivity contribution in [1.82, 2.24) is 5.32 Å². The van der Waals surface area contributed by atoms with E-state index < -0.39 is 12.0 Å². The Labute approximate surface area is 143 Å². The summed E-state index contributed by atoms with van der Waals surface area (Å²) >= 11 is 5.18. The predicted molar refractivity (Wildman–Crippen MR) is 95.2 cm³/mol. The van der Waals surface area contributed by atoms with Gasteiger partial charge in [0.25, 0.3) is 0 Å². The minimum Gasteiger partial charge on any atom is -0.480 e. The molecule has 1 unspecified atom stereocenters. The van der Waals surface area contributed by atoms with Gasteiger partial charge in [-0.05, 0) is 36.2 Å². The smallest absolute Gasteiger partial charge is 0.320 e. The third kappa shape index (κ3) is 4.93. The largest absolute Gasteiger partial charge is 0.480 e. The highest BCUT2D eigenvalue weighted by Crippen LogP contribution is 2.29. The summed E-state index contributed by atoms with van der Waals surface area (Å²) in [5.41, 5.74) is 1.17. The second-order valence-corrected chi connectivity index (χ2v) is 7.27. The minimum atomic E-state index is -0.766. The molecule has 1 aromatic heterocycles. The lowest BCUT2D eigenvalue weighted by atomic mass is 10.1. The third-order valence-electron chi connectivity index (χ3n) is 3.44. The molecule has 2 N–H and O–H groups in total. The van der Waals surface area contributed by atoms with E-state index in [0.717, 1.165) is 22.2 Å². The maximum atomic E-state index is 11.2. The molecule has 3 nitrogen and oxygen atoms in total. The quantitative estimate of drug-likeness (QED) is 0.682. The van der Waals surface area contributed by atoms with Crippen molar-refractivity contribution >= 4 is 33.2 Å². The first kappa shape index (κ1) is 17.2. The molecular weight excluding hydrogens is 362 g/mol. The molecule has 0 radical (unpaired) electrons. The Morgan fingerprint density at radius 3 is 2.86 bits per heavy atom. The summed E-state index contributed by atoms with van der Waals surface area (Å²) in [5, 5.41) is 12.4. The summed E-state index contributed by atoms with van der Waals surface area (Å²) in [7, 11) is 0. The van der Waals surface area contributed by atoms with Crippen LogP contribution in [0.4, 0.5) is 0 Å².